The maximum absolute atomic E-state index is 12.3. The second kappa shape index (κ2) is 4.99. The van der Waals surface area contributed by atoms with E-state index in [-0.39, 0.29) is 11.7 Å². The van der Waals surface area contributed by atoms with Gasteiger partial charge in [-0.05, 0) is 29.2 Å². The molecule has 0 saturated carbocycles. The minimum atomic E-state index is 0.194. The van der Waals surface area contributed by atoms with Crippen molar-refractivity contribution in [3.63, 3.8) is 0 Å². The van der Waals surface area contributed by atoms with Gasteiger partial charge in [0.25, 0.3) is 0 Å². The van der Waals surface area contributed by atoms with Crippen LogP contribution in [-0.4, -0.2) is 10.8 Å². The molecule has 0 fully saturated rings. The smallest absolute Gasteiger partial charge is 0.156 e. The number of aromatic amines is 1. The minimum Gasteiger partial charge on any atom is -0.354 e. The van der Waals surface area contributed by atoms with Crippen LogP contribution in [0.25, 0.3) is 16.5 Å². The molecule has 3 aromatic rings. The van der Waals surface area contributed by atoms with E-state index in [0.29, 0.717) is 6.42 Å². The lowest BCUT2D eigenvalue weighted by atomic mass is 9.93. The Hall–Kier alpha value is -2.61. The molecule has 1 N–H and O–H groups in total. The summed E-state index contributed by atoms with van der Waals surface area (Å²) in [5, 5.41) is 1.22. The molecule has 22 heavy (non-hydrogen) atoms. The number of benzene rings is 2. The molecule has 2 nitrogen and oxygen atoms in total. The standard InChI is InChI=1S/C20H17NO/c1-13-11-15(22)12-17(14-7-3-2-4-8-14)20-19(13)16-9-5-6-10-18(16)21-20/h2-10,12-13,21H,11H2,1H3. The van der Waals surface area contributed by atoms with Crippen molar-refractivity contribution in [1.82, 2.24) is 4.98 Å². The van der Waals surface area contributed by atoms with E-state index in [1.165, 1.54) is 10.9 Å². The molecule has 0 amide bonds. The maximum Gasteiger partial charge on any atom is 0.156 e. The fraction of sp³-hybridized carbons (Fsp3) is 0.150. The summed E-state index contributed by atoms with van der Waals surface area (Å²) in [7, 11) is 0. The van der Waals surface area contributed by atoms with E-state index in [0.717, 1.165) is 22.3 Å². The zero-order chi connectivity index (χ0) is 15.1. The largest absolute Gasteiger partial charge is 0.354 e. The molecule has 2 heteroatoms. The molecule has 0 saturated heterocycles. The van der Waals surface area contributed by atoms with Crippen molar-refractivity contribution < 1.29 is 4.79 Å². The van der Waals surface area contributed by atoms with Crippen molar-refractivity contribution in [3.8, 4) is 0 Å². The molecule has 1 atom stereocenters. The van der Waals surface area contributed by atoms with Crippen molar-refractivity contribution in [2.45, 2.75) is 19.3 Å². The van der Waals surface area contributed by atoms with Crippen molar-refractivity contribution in [2.24, 2.45) is 0 Å². The second-order valence-electron chi connectivity index (χ2n) is 5.95. The van der Waals surface area contributed by atoms with E-state index in [1.54, 1.807) is 6.08 Å². The Morgan fingerprint density at radius 1 is 1.00 bits per heavy atom. The molecule has 108 valence electrons. The molecule has 2 aromatic carbocycles. The first-order valence-electron chi connectivity index (χ1n) is 7.65. The fourth-order valence-electron chi connectivity index (χ4n) is 3.43. The van der Waals surface area contributed by atoms with Crippen LogP contribution < -0.4 is 0 Å². The average molecular weight is 287 g/mol. The number of para-hydroxylation sites is 1. The Balaban J connectivity index is 2.04. The minimum absolute atomic E-state index is 0.194. The zero-order valence-electron chi connectivity index (χ0n) is 12.5. The van der Waals surface area contributed by atoms with E-state index >= 15 is 0 Å². The van der Waals surface area contributed by atoms with E-state index in [9.17, 15) is 4.79 Å². The number of hydrogen-bond donors (Lipinski definition) is 1. The summed E-state index contributed by atoms with van der Waals surface area (Å²) in [6.07, 6.45) is 2.36. The highest BCUT2D eigenvalue weighted by atomic mass is 16.1. The molecule has 0 bridgehead atoms. The third kappa shape index (κ3) is 2.00. The highest BCUT2D eigenvalue weighted by Crippen LogP contribution is 2.39. The first kappa shape index (κ1) is 13.1. The summed E-state index contributed by atoms with van der Waals surface area (Å²) in [6, 6.07) is 18.5. The Kier molecular flexibility index (Phi) is 2.97. The average Bonchev–Trinajstić information content (AvgIpc) is 2.87. The number of H-pyrrole nitrogens is 1. The molecule has 4 rings (SSSR count). The topological polar surface area (TPSA) is 32.9 Å². The first-order valence-corrected chi connectivity index (χ1v) is 7.65. The fourth-order valence-corrected chi connectivity index (χ4v) is 3.43. The summed E-state index contributed by atoms with van der Waals surface area (Å²) >= 11 is 0. The SMILES string of the molecule is CC1CC(=O)C=C(c2ccccc2)c2[nH]c3ccccc3c21. The highest BCUT2D eigenvalue weighted by molar-refractivity contribution is 6.05. The molecule has 0 spiro atoms. The Morgan fingerprint density at radius 2 is 1.73 bits per heavy atom. The van der Waals surface area contributed by atoms with Gasteiger partial charge in [0.2, 0.25) is 0 Å². The second-order valence-corrected chi connectivity index (χ2v) is 5.95. The van der Waals surface area contributed by atoms with Gasteiger partial charge in [-0.15, -0.1) is 0 Å². The van der Waals surface area contributed by atoms with Gasteiger partial charge >= 0.3 is 0 Å². The predicted molar refractivity (Wildman–Crippen MR) is 89.9 cm³/mol. The van der Waals surface area contributed by atoms with Crippen LogP contribution in [0.3, 0.4) is 0 Å². The van der Waals surface area contributed by atoms with Gasteiger partial charge in [-0.3, -0.25) is 4.79 Å². The molecular weight excluding hydrogens is 270 g/mol. The Labute approximate surface area is 129 Å². The van der Waals surface area contributed by atoms with Gasteiger partial charge in [0.15, 0.2) is 5.78 Å². The predicted octanol–water partition coefficient (Wildman–Crippen LogP) is 4.68. The van der Waals surface area contributed by atoms with Gasteiger partial charge in [0.1, 0.15) is 0 Å². The molecular formula is C20H17NO. The molecule has 0 radical (unpaired) electrons. The van der Waals surface area contributed by atoms with Crippen molar-refractivity contribution >= 4 is 22.3 Å². The van der Waals surface area contributed by atoms with E-state index in [4.69, 9.17) is 0 Å². The molecule has 1 aliphatic rings. The van der Waals surface area contributed by atoms with Crippen LogP contribution in [0.4, 0.5) is 0 Å². The number of aromatic nitrogens is 1. The molecule has 0 aliphatic heterocycles. The number of hydrogen-bond acceptors (Lipinski definition) is 1. The summed E-state index contributed by atoms with van der Waals surface area (Å²) < 4.78 is 0. The van der Waals surface area contributed by atoms with Gasteiger partial charge in [-0.2, -0.15) is 0 Å². The number of nitrogens with one attached hydrogen (secondary N) is 1. The van der Waals surface area contributed by atoms with Crippen LogP contribution in [0, 0.1) is 0 Å². The third-order valence-corrected chi connectivity index (χ3v) is 4.41. The van der Waals surface area contributed by atoms with Crippen molar-refractivity contribution in [1.29, 1.82) is 0 Å². The normalized spacial score (nSPS) is 18.0. The third-order valence-electron chi connectivity index (χ3n) is 4.41. The van der Waals surface area contributed by atoms with Crippen molar-refractivity contribution in [3.05, 3.63) is 77.5 Å². The molecule has 1 heterocycles. The summed E-state index contributed by atoms with van der Waals surface area (Å²) in [5.74, 6) is 0.413. The van der Waals surface area contributed by atoms with Crippen LogP contribution in [0.15, 0.2) is 60.7 Å². The van der Waals surface area contributed by atoms with Crippen LogP contribution in [0.5, 0.6) is 0 Å². The van der Waals surface area contributed by atoms with Crippen molar-refractivity contribution in [2.75, 3.05) is 0 Å². The lowest BCUT2D eigenvalue weighted by Gasteiger charge is -2.10. The molecule has 1 aromatic heterocycles. The number of fused-ring (bicyclic) bond motifs is 3. The van der Waals surface area contributed by atoms with Crippen LogP contribution in [0.2, 0.25) is 0 Å². The summed E-state index contributed by atoms with van der Waals surface area (Å²) in [6.45, 7) is 2.14. The lowest BCUT2D eigenvalue weighted by molar-refractivity contribution is -0.114. The molecule has 1 unspecified atom stereocenters. The van der Waals surface area contributed by atoms with Gasteiger partial charge < -0.3 is 4.98 Å². The molecule has 1 aliphatic carbocycles. The summed E-state index contributed by atoms with van der Waals surface area (Å²) in [4.78, 5) is 15.8. The monoisotopic (exact) mass is 287 g/mol. The van der Waals surface area contributed by atoms with E-state index in [1.807, 2.05) is 24.3 Å². The number of carbonyl (C=O) groups excluding carboxylic acids is 1. The Morgan fingerprint density at radius 3 is 2.55 bits per heavy atom. The van der Waals surface area contributed by atoms with Gasteiger partial charge in [-0.1, -0.05) is 55.5 Å². The van der Waals surface area contributed by atoms with E-state index < -0.39 is 0 Å². The van der Waals surface area contributed by atoms with Crippen LogP contribution >= 0.6 is 0 Å². The maximum atomic E-state index is 12.3. The number of ketones is 1. The van der Waals surface area contributed by atoms with Gasteiger partial charge in [0.05, 0.1) is 5.69 Å². The summed E-state index contributed by atoms with van der Waals surface area (Å²) in [5.41, 5.74) is 5.57. The van der Waals surface area contributed by atoms with Gasteiger partial charge in [-0.25, -0.2) is 0 Å². The number of carbonyl (C=O) groups is 1. The first-order chi connectivity index (χ1) is 10.7. The van der Waals surface area contributed by atoms with E-state index in [2.05, 4.69) is 42.2 Å². The lowest BCUT2D eigenvalue weighted by Crippen LogP contribution is -1.99. The van der Waals surface area contributed by atoms with Gasteiger partial charge in [0, 0.05) is 22.9 Å². The number of allylic oxidation sites excluding steroid dienone is 1. The zero-order valence-corrected chi connectivity index (χ0v) is 12.5. The Bertz CT molecular complexity index is 886. The van der Waals surface area contributed by atoms with Crippen LogP contribution in [-0.2, 0) is 4.79 Å². The highest BCUT2D eigenvalue weighted by Gasteiger charge is 2.25. The van der Waals surface area contributed by atoms with Crippen LogP contribution in [0.1, 0.15) is 36.1 Å². The number of rotatable bonds is 1. The quantitative estimate of drug-likeness (QED) is 0.692.